The van der Waals surface area contributed by atoms with Gasteiger partial charge in [0.25, 0.3) is 0 Å². The van der Waals surface area contributed by atoms with Crippen LogP contribution in [0.25, 0.3) is 0 Å². The van der Waals surface area contributed by atoms with Gasteiger partial charge in [0.05, 0.1) is 20.8 Å². The SMILES string of the molecule is COc1cc(C[C@@H]2COC(O)[C@@]2(O)Cc2ccc(O)c(OC)c2)ccc1O. The summed E-state index contributed by atoms with van der Waals surface area (Å²) in [4.78, 5) is 0. The second-order valence-electron chi connectivity index (χ2n) is 6.77. The third-order valence-electron chi connectivity index (χ3n) is 5.05. The molecule has 3 atom stereocenters. The lowest BCUT2D eigenvalue weighted by molar-refractivity contribution is -0.163. The molecule has 3 rings (SSSR count). The van der Waals surface area contributed by atoms with Crippen molar-refractivity contribution in [1.29, 1.82) is 0 Å². The van der Waals surface area contributed by atoms with E-state index in [-0.39, 0.29) is 30.4 Å². The number of rotatable bonds is 6. The molecule has 0 bridgehead atoms. The van der Waals surface area contributed by atoms with Gasteiger partial charge in [0.2, 0.25) is 0 Å². The van der Waals surface area contributed by atoms with Crippen molar-refractivity contribution >= 4 is 0 Å². The summed E-state index contributed by atoms with van der Waals surface area (Å²) < 4.78 is 15.6. The molecular formula is C20H24O7. The quantitative estimate of drug-likeness (QED) is 0.606. The molecule has 1 fully saturated rings. The zero-order valence-corrected chi connectivity index (χ0v) is 15.3. The summed E-state index contributed by atoms with van der Waals surface area (Å²) in [5.74, 6) is 0.309. The lowest BCUT2D eigenvalue weighted by Gasteiger charge is -2.31. The molecule has 2 aromatic rings. The van der Waals surface area contributed by atoms with Gasteiger partial charge in [-0.3, -0.25) is 0 Å². The third kappa shape index (κ3) is 3.80. The van der Waals surface area contributed by atoms with E-state index in [1.54, 1.807) is 24.3 Å². The fourth-order valence-corrected chi connectivity index (χ4v) is 3.46. The monoisotopic (exact) mass is 376 g/mol. The average molecular weight is 376 g/mol. The Morgan fingerprint density at radius 2 is 1.56 bits per heavy atom. The van der Waals surface area contributed by atoms with Gasteiger partial charge in [-0.2, -0.15) is 0 Å². The van der Waals surface area contributed by atoms with Gasteiger partial charge in [-0.05, 0) is 41.8 Å². The topological polar surface area (TPSA) is 109 Å². The van der Waals surface area contributed by atoms with Crippen molar-refractivity contribution in [2.75, 3.05) is 20.8 Å². The predicted octanol–water partition coefficient (Wildman–Crippen LogP) is 1.60. The molecule has 1 unspecified atom stereocenters. The summed E-state index contributed by atoms with van der Waals surface area (Å²) in [6.45, 7) is 0.191. The lowest BCUT2D eigenvalue weighted by atomic mass is 9.80. The van der Waals surface area contributed by atoms with Crippen molar-refractivity contribution in [3.8, 4) is 23.0 Å². The van der Waals surface area contributed by atoms with Crippen molar-refractivity contribution in [2.45, 2.75) is 24.7 Å². The van der Waals surface area contributed by atoms with Crippen molar-refractivity contribution in [3.05, 3.63) is 47.5 Å². The van der Waals surface area contributed by atoms with Gasteiger partial charge >= 0.3 is 0 Å². The number of aliphatic hydroxyl groups excluding tert-OH is 1. The molecule has 0 amide bonds. The van der Waals surface area contributed by atoms with E-state index in [0.717, 1.165) is 5.56 Å². The first kappa shape index (κ1) is 19.3. The predicted molar refractivity (Wildman–Crippen MR) is 97.1 cm³/mol. The molecule has 146 valence electrons. The van der Waals surface area contributed by atoms with Crippen LogP contribution in [0.5, 0.6) is 23.0 Å². The van der Waals surface area contributed by atoms with Crippen LogP contribution in [-0.4, -0.2) is 53.1 Å². The van der Waals surface area contributed by atoms with E-state index in [1.165, 1.54) is 26.4 Å². The Bertz CT molecular complexity index is 807. The second-order valence-corrected chi connectivity index (χ2v) is 6.77. The van der Waals surface area contributed by atoms with E-state index < -0.39 is 11.9 Å². The van der Waals surface area contributed by atoms with E-state index >= 15 is 0 Å². The third-order valence-corrected chi connectivity index (χ3v) is 5.05. The van der Waals surface area contributed by atoms with E-state index in [9.17, 15) is 20.4 Å². The zero-order chi connectivity index (χ0) is 19.6. The maximum atomic E-state index is 11.2. The van der Waals surface area contributed by atoms with Crippen LogP contribution in [0.2, 0.25) is 0 Å². The van der Waals surface area contributed by atoms with Crippen LogP contribution in [-0.2, 0) is 17.6 Å². The van der Waals surface area contributed by atoms with E-state index in [1.807, 2.05) is 0 Å². The largest absolute Gasteiger partial charge is 0.504 e. The lowest BCUT2D eigenvalue weighted by Crippen LogP contribution is -2.46. The minimum atomic E-state index is -1.51. The molecule has 1 aliphatic rings. The van der Waals surface area contributed by atoms with Crippen molar-refractivity contribution in [2.24, 2.45) is 5.92 Å². The molecule has 0 radical (unpaired) electrons. The Kier molecular flexibility index (Phi) is 5.46. The van der Waals surface area contributed by atoms with Gasteiger partial charge in [0.15, 0.2) is 29.3 Å². The van der Waals surface area contributed by atoms with Crippen LogP contribution in [0.3, 0.4) is 0 Å². The molecule has 0 saturated carbocycles. The standard InChI is InChI=1S/C20H24O7/c1-25-17-8-12(3-5-15(17)21)7-14-11-27-19(23)20(14,24)10-13-4-6-16(22)18(9-13)26-2/h3-6,8-9,14,19,21-24H,7,10-11H2,1-2H3/t14-,19?,20-/m1/s1. The van der Waals surface area contributed by atoms with Gasteiger partial charge in [-0.1, -0.05) is 12.1 Å². The Morgan fingerprint density at radius 3 is 2.15 bits per heavy atom. The smallest absolute Gasteiger partial charge is 0.184 e. The highest BCUT2D eigenvalue weighted by Crippen LogP contribution is 2.38. The number of aliphatic hydroxyl groups is 2. The second kappa shape index (κ2) is 7.64. The van der Waals surface area contributed by atoms with E-state index in [2.05, 4.69) is 0 Å². The molecule has 7 nitrogen and oxygen atoms in total. The molecule has 0 aromatic heterocycles. The highest BCUT2D eigenvalue weighted by atomic mass is 16.6. The van der Waals surface area contributed by atoms with Crippen LogP contribution in [0.4, 0.5) is 0 Å². The summed E-state index contributed by atoms with van der Waals surface area (Å²) in [6.07, 6.45) is -0.772. The van der Waals surface area contributed by atoms with Gasteiger partial charge in [0, 0.05) is 12.3 Å². The van der Waals surface area contributed by atoms with Crippen LogP contribution in [0.1, 0.15) is 11.1 Å². The molecular weight excluding hydrogens is 352 g/mol. The van der Waals surface area contributed by atoms with Gasteiger partial charge in [0.1, 0.15) is 5.60 Å². The molecule has 7 heteroatoms. The molecule has 4 N–H and O–H groups in total. The zero-order valence-electron chi connectivity index (χ0n) is 15.3. The minimum absolute atomic E-state index is 0.00389. The van der Waals surface area contributed by atoms with E-state index in [4.69, 9.17) is 14.2 Å². The normalized spacial score (nSPS) is 24.7. The number of hydrogen-bond acceptors (Lipinski definition) is 7. The van der Waals surface area contributed by atoms with Crippen molar-refractivity contribution in [1.82, 2.24) is 0 Å². The summed E-state index contributed by atoms with van der Waals surface area (Å²) in [7, 11) is 2.91. The van der Waals surface area contributed by atoms with Crippen molar-refractivity contribution in [3.63, 3.8) is 0 Å². The molecule has 1 heterocycles. The Hall–Kier alpha value is -2.48. The van der Waals surface area contributed by atoms with Gasteiger partial charge in [-0.25, -0.2) is 0 Å². The fourth-order valence-electron chi connectivity index (χ4n) is 3.46. The first-order chi connectivity index (χ1) is 12.9. The maximum absolute atomic E-state index is 11.2. The van der Waals surface area contributed by atoms with Gasteiger partial charge in [-0.15, -0.1) is 0 Å². The number of phenols is 2. The summed E-state index contributed by atoms with van der Waals surface area (Å²) in [5.41, 5.74) is 0.0339. The molecule has 1 aliphatic heterocycles. The number of hydrogen-bond donors (Lipinski definition) is 4. The molecule has 0 spiro atoms. The number of methoxy groups -OCH3 is 2. The number of phenolic OH excluding ortho intramolecular Hbond substituents is 2. The van der Waals surface area contributed by atoms with Crippen LogP contribution < -0.4 is 9.47 Å². The first-order valence-electron chi connectivity index (χ1n) is 8.61. The summed E-state index contributed by atoms with van der Waals surface area (Å²) in [6, 6.07) is 9.75. The maximum Gasteiger partial charge on any atom is 0.184 e. The highest BCUT2D eigenvalue weighted by Gasteiger charge is 2.49. The van der Waals surface area contributed by atoms with Gasteiger partial charge < -0.3 is 34.6 Å². The van der Waals surface area contributed by atoms with Crippen LogP contribution in [0, 0.1) is 5.92 Å². The van der Waals surface area contributed by atoms with Crippen LogP contribution >= 0.6 is 0 Å². The summed E-state index contributed by atoms with van der Waals surface area (Å²) in [5, 5.41) is 40.9. The first-order valence-corrected chi connectivity index (χ1v) is 8.61. The Balaban J connectivity index is 1.83. The summed E-state index contributed by atoms with van der Waals surface area (Å²) >= 11 is 0. The highest BCUT2D eigenvalue weighted by molar-refractivity contribution is 5.43. The molecule has 27 heavy (non-hydrogen) atoms. The average Bonchev–Trinajstić information content (AvgIpc) is 2.92. The fraction of sp³-hybridized carbons (Fsp3) is 0.400. The van der Waals surface area contributed by atoms with Crippen molar-refractivity contribution < 1.29 is 34.6 Å². The Morgan fingerprint density at radius 1 is 1.00 bits per heavy atom. The Labute approximate surface area is 157 Å². The minimum Gasteiger partial charge on any atom is -0.504 e. The molecule has 1 saturated heterocycles. The van der Waals surface area contributed by atoms with Crippen LogP contribution in [0.15, 0.2) is 36.4 Å². The molecule has 0 aliphatic carbocycles. The molecule has 2 aromatic carbocycles. The number of benzene rings is 2. The number of aromatic hydroxyl groups is 2. The number of ether oxygens (including phenoxy) is 3. The van der Waals surface area contributed by atoms with E-state index in [0.29, 0.717) is 23.5 Å².